The van der Waals surface area contributed by atoms with Crippen LogP contribution in [0.15, 0.2) is 28.9 Å². The SMILES string of the molecule is Cc1cc(C)c2sc(N(CCCN3CCOCC3)C(=O)c3ccno3)nc2c1. The molecule has 1 amide bonds. The molecule has 0 aliphatic carbocycles. The fourth-order valence-corrected chi connectivity index (χ4v) is 4.54. The molecule has 1 saturated heterocycles. The van der Waals surface area contributed by atoms with E-state index in [2.05, 4.69) is 36.0 Å². The summed E-state index contributed by atoms with van der Waals surface area (Å²) >= 11 is 1.55. The van der Waals surface area contributed by atoms with E-state index in [4.69, 9.17) is 14.2 Å². The van der Waals surface area contributed by atoms with Gasteiger partial charge in [0, 0.05) is 32.2 Å². The zero-order valence-corrected chi connectivity index (χ0v) is 17.0. The minimum atomic E-state index is -0.201. The number of carbonyl (C=O) groups excluding carboxylic acids is 1. The number of ether oxygens (including phenoxy) is 1. The van der Waals surface area contributed by atoms with E-state index in [0.29, 0.717) is 11.7 Å². The van der Waals surface area contributed by atoms with Crippen molar-refractivity contribution in [2.45, 2.75) is 20.3 Å². The molecule has 3 aromatic rings. The van der Waals surface area contributed by atoms with Crippen LogP contribution in [0.4, 0.5) is 5.13 Å². The van der Waals surface area contributed by atoms with Gasteiger partial charge in [0.1, 0.15) is 0 Å². The third kappa shape index (κ3) is 4.09. The summed E-state index contributed by atoms with van der Waals surface area (Å²) in [6.45, 7) is 9.07. The normalized spacial score (nSPS) is 15.2. The second-order valence-corrected chi connectivity index (χ2v) is 8.05. The highest BCUT2D eigenvalue weighted by atomic mass is 32.1. The Bertz CT molecular complexity index is 948. The van der Waals surface area contributed by atoms with Crippen molar-refractivity contribution in [1.29, 1.82) is 0 Å². The quantitative estimate of drug-likeness (QED) is 0.632. The number of morpholine rings is 1. The Morgan fingerprint density at radius 1 is 1.29 bits per heavy atom. The summed E-state index contributed by atoms with van der Waals surface area (Å²) in [4.78, 5) is 21.9. The van der Waals surface area contributed by atoms with Crippen molar-refractivity contribution in [3.8, 4) is 0 Å². The number of rotatable bonds is 6. The monoisotopic (exact) mass is 400 g/mol. The standard InChI is InChI=1S/C20H24N4O3S/c1-14-12-15(2)18-16(13-14)22-20(28-18)24(19(25)17-4-5-21-27-17)7-3-6-23-8-10-26-11-9-23/h4-5,12-13H,3,6-11H2,1-2H3. The molecule has 7 nitrogen and oxygen atoms in total. The van der Waals surface area contributed by atoms with Crippen molar-refractivity contribution in [3.63, 3.8) is 0 Å². The lowest BCUT2D eigenvalue weighted by atomic mass is 10.1. The summed E-state index contributed by atoms with van der Waals surface area (Å²) in [7, 11) is 0. The van der Waals surface area contributed by atoms with Gasteiger partial charge in [-0.05, 0) is 37.5 Å². The fourth-order valence-electron chi connectivity index (χ4n) is 3.50. The minimum absolute atomic E-state index is 0.201. The van der Waals surface area contributed by atoms with Crippen LogP contribution in [0, 0.1) is 13.8 Å². The molecule has 8 heteroatoms. The van der Waals surface area contributed by atoms with Crippen LogP contribution in [-0.2, 0) is 4.74 Å². The highest BCUT2D eigenvalue weighted by Crippen LogP contribution is 2.33. The zero-order valence-electron chi connectivity index (χ0n) is 16.2. The second kappa shape index (κ2) is 8.38. The van der Waals surface area contributed by atoms with E-state index in [0.717, 1.165) is 49.5 Å². The third-order valence-corrected chi connectivity index (χ3v) is 6.12. The molecule has 1 aliphatic rings. The van der Waals surface area contributed by atoms with Gasteiger partial charge >= 0.3 is 0 Å². The van der Waals surface area contributed by atoms with E-state index >= 15 is 0 Å². The zero-order chi connectivity index (χ0) is 19.5. The second-order valence-electron chi connectivity index (χ2n) is 7.07. The lowest BCUT2D eigenvalue weighted by Gasteiger charge is -2.27. The Morgan fingerprint density at radius 3 is 2.86 bits per heavy atom. The first-order valence-electron chi connectivity index (χ1n) is 9.52. The summed E-state index contributed by atoms with van der Waals surface area (Å²) in [5.74, 6) is 0.0337. The Morgan fingerprint density at radius 2 is 2.11 bits per heavy atom. The van der Waals surface area contributed by atoms with Crippen molar-refractivity contribution in [2.75, 3.05) is 44.3 Å². The number of aromatic nitrogens is 2. The molecule has 0 radical (unpaired) electrons. The summed E-state index contributed by atoms with van der Waals surface area (Å²) in [6, 6.07) is 5.80. The first-order chi connectivity index (χ1) is 13.6. The van der Waals surface area contributed by atoms with Gasteiger partial charge in [-0.1, -0.05) is 22.6 Å². The maximum atomic E-state index is 13.0. The molecule has 4 rings (SSSR count). The van der Waals surface area contributed by atoms with Crippen LogP contribution in [0.3, 0.4) is 0 Å². The van der Waals surface area contributed by atoms with Crippen LogP contribution in [0.5, 0.6) is 0 Å². The van der Waals surface area contributed by atoms with E-state index < -0.39 is 0 Å². The van der Waals surface area contributed by atoms with Crippen LogP contribution < -0.4 is 4.90 Å². The lowest BCUT2D eigenvalue weighted by molar-refractivity contribution is 0.0376. The van der Waals surface area contributed by atoms with Gasteiger partial charge in [0.2, 0.25) is 5.76 Å². The molecule has 1 aromatic carbocycles. The topological polar surface area (TPSA) is 71.7 Å². The van der Waals surface area contributed by atoms with Crippen molar-refractivity contribution in [1.82, 2.24) is 15.0 Å². The number of fused-ring (bicyclic) bond motifs is 1. The van der Waals surface area contributed by atoms with Gasteiger partial charge in [-0.2, -0.15) is 0 Å². The fraction of sp³-hybridized carbons (Fsp3) is 0.450. The van der Waals surface area contributed by atoms with E-state index in [-0.39, 0.29) is 11.7 Å². The Balaban J connectivity index is 1.57. The third-order valence-electron chi connectivity index (χ3n) is 4.89. The summed E-state index contributed by atoms with van der Waals surface area (Å²) in [5.41, 5.74) is 3.28. The van der Waals surface area contributed by atoms with Crippen molar-refractivity contribution < 1.29 is 14.1 Å². The largest absolute Gasteiger partial charge is 0.379 e. The number of carbonyl (C=O) groups is 1. The van der Waals surface area contributed by atoms with E-state index in [1.807, 2.05) is 0 Å². The maximum Gasteiger partial charge on any atom is 0.298 e. The molecule has 3 heterocycles. The molecule has 0 bridgehead atoms. The van der Waals surface area contributed by atoms with Crippen LogP contribution in [0.25, 0.3) is 10.2 Å². The number of anilines is 1. The molecule has 0 atom stereocenters. The molecule has 0 spiro atoms. The molecular formula is C20H24N4O3S. The number of hydrogen-bond acceptors (Lipinski definition) is 7. The molecule has 1 aliphatic heterocycles. The minimum Gasteiger partial charge on any atom is -0.379 e. The van der Waals surface area contributed by atoms with Gasteiger partial charge in [-0.3, -0.25) is 14.6 Å². The van der Waals surface area contributed by atoms with E-state index in [9.17, 15) is 4.79 Å². The molecule has 2 aromatic heterocycles. The number of amides is 1. The van der Waals surface area contributed by atoms with Gasteiger partial charge in [0.05, 0.1) is 29.6 Å². The number of nitrogens with zero attached hydrogens (tertiary/aromatic N) is 4. The Kier molecular flexibility index (Phi) is 5.70. The highest BCUT2D eigenvalue weighted by molar-refractivity contribution is 7.22. The van der Waals surface area contributed by atoms with Gasteiger partial charge in [-0.25, -0.2) is 4.98 Å². The van der Waals surface area contributed by atoms with E-state index in [1.165, 1.54) is 17.3 Å². The molecule has 0 saturated carbocycles. The molecule has 1 fully saturated rings. The number of aryl methyl sites for hydroxylation is 2. The van der Waals surface area contributed by atoms with Crippen LogP contribution in [0.1, 0.15) is 28.1 Å². The van der Waals surface area contributed by atoms with Crippen LogP contribution >= 0.6 is 11.3 Å². The maximum absolute atomic E-state index is 13.0. The highest BCUT2D eigenvalue weighted by Gasteiger charge is 2.24. The van der Waals surface area contributed by atoms with Crippen LogP contribution in [0.2, 0.25) is 0 Å². The summed E-state index contributed by atoms with van der Waals surface area (Å²) in [6.07, 6.45) is 2.35. The Hall–Kier alpha value is -2.29. The number of benzene rings is 1. The molecular weight excluding hydrogens is 376 g/mol. The van der Waals surface area contributed by atoms with Gasteiger partial charge in [0.15, 0.2) is 5.13 Å². The average molecular weight is 401 g/mol. The molecule has 148 valence electrons. The summed E-state index contributed by atoms with van der Waals surface area (Å²) in [5, 5.41) is 4.38. The predicted molar refractivity (Wildman–Crippen MR) is 109 cm³/mol. The van der Waals surface area contributed by atoms with Crippen molar-refractivity contribution in [2.24, 2.45) is 0 Å². The number of hydrogen-bond donors (Lipinski definition) is 0. The van der Waals surface area contributed by atoms with Gasteiger partial charge in [-0.15, -0.1) is 0 Å². The molecule has 28 heavy (non-hydrogen) atoms. The lowest BCUT2D eigenvalue weighted by Crippen LogP contribution is -2.39. The van der Waals surface area contributed by atoms with Gasteiger partial charge < -0.3 is 9.26 Å². The molecule has 0 unspecified atom stereocenters. The van der Waals surface area contributed by atoms with E-state index in [1.54, 1.807) is 22.3 Å². The van der Waals surface area contributed by atoms with Crippen molar-refractivity contribution in [3.05, 3.63) is 41.3 Å². The molecule has 0 N–H and O–H groups in total. The van der Waals surface area contributed by atoms with Crippen LogP contribution in [-0.4, -0.2) is 60.3 Å². The first kappa shape index (κ1) is 19.0. The summed E-state index contributed by atoms with van der Waals surface area (Å²) < 4.78 is 11.6. The van der Waals surface area contributed by atoms with Gasteiger partial charge in [0.25, 0.3) is 5.91 Å². The predicted octanol–water partition coefficient (Wildman–Crippen LogP) is 3.27. The first-order valence-corrected chi connectivity index (χ1v) is 10.3. The smallest absolute Gasteiger partial charge is 0.298 e. The number of thiazole rings is 1. The van der Waals surface area contributed by atoms with Crippen molar-refractivity contribution >= 4 is 32.6 Å². The average Bonchev–Trinajstić information content (AvgIpc) is 3.35. The Labute approximate surface area is 167 Å².